The van der Waals surface area contributed by atoms with E-state index < -0.39 is 34.7 Å². The zero-order chi connectivity index (χ0) is 27.0. The molecule has 5 rings (SSSR count). The third-order valence-corrected chi connectivity index (χ3v) is 6.16. The van der Waals surface area contributed by atoms with Crippen molar-refractivity contribution < 1.29 is 22.7 Å². The number of halogens is 3. The van der Waals surface area contributed by atoms with E-state index in [0.717, 1.165) is 29.3 Å². The lowest BCUT2D eigenvalue weighted by atomic mass is 10.1. The molecular formula is C27H23F3N6O2. The molecule has 0 fully saturated rings. The summed E-state index contributed by atoms with van der Waals surface area (Å²) in [6, 6.07) is 12.4. The maximum atomic E-state index is 14.3. The number of ether oxygens (including phenoxy) is 1. The minimum Gasteiger partial charge on any atom is -0.497 e. The van der Waals surface area contributed by atoms with E-state index in [2.05, 4.69) is 20.7 Å². The number of methoxy groups -OCH3 is 1. The Hall–Kier alpha value is -4.80. The Morgan fingerprint density at radius 2 is 1.79 bits per heavy atom. The van der Waals surface area contributed by atoms with Crippen LogP contribution in [0.25, 0.3) is 22.6 Å². The van der Waals surface area contributed by atoms with Crippen LogP contribution in [0, 0.1) is 31.3 Å². The minimum atomic E-state index is -1.21. The highest BCUT2D eigenvalue weighted by Gasteiger charge is 2.19. The fourth-order valence-corrected chi connectivity index (χ4v) is 4.03. The number of anilines is 2. The lowest BCUT2D eigenvalue weighted by molar-refractivity contribution is 0.262. The average molecular weight is 521 g/mol. The zero-order valence-electron chi connectivity index (χ0n) is 20.7. The van der Waals surface area contributed by atoms with Crippen molar-refractivity contribution >= 4 is 28.6 Å². The molecule has 0 atom stereocenters. The van der Waals surface area contributed by atoms with Gasteiger partial charge in [-0.25, -0.2) is 27.6 Å². The Morgan fingerprint density at radius 3 is 2.53 bits per heavy atom. The summed E-state index contributed by atoms with van der Waals surface area (Å²) >= 11 is 0. The molecule has 194 valence electrons. The summed E-state index contributed by atoms with van der Waals surface area (Å²) < 4.78 is 48.9. The second-order valence-electron chi connectivity index (χ2n) is 8.74. The van der Waals surface area contributed by atoms with Crippen molar-refractivity contribution in [3.63, 3.8) is 0 Å². The van der Waals surface area contributed by atoms with Gasteiger partial charge in [-0.3, -0.25) is 0 Å². The molecule has 11 heteroatoms. The number of rotatable bonds is 6. The number of carbonyl (C=O) groups is 1. The highest BCUT2D eigenvalue weighted by atomic mass is 19.1. The van der Waals surface area contributed by atoms with Gasteiger partial charge >= 0.3 is 6.03 Å². The van der Waals surface area contributed by atoms with Crippen LogP contribution < -0.4 is 15.4 Å². The number of carbonyl (C=O) groups excluding carboxylic acids is 1. The molecule has 2 aromatic heterocycles. The first-order chi connectivity index (χ1) is 18.2. The van der Waals surface area contributed by atoms with Crippen molar-refractivity contribution in [2.24, 2.45) is 0 Å². The molecule has 2 amide bonds. The summed E-state index contributed by atoms with van der Waals surface area (Å²) in [6.45, 7) is 3.56. The SMILES string of the molecule is COc1ccc(Cn2ncc3[nH]c(-c4cc(NC(=O)Nc5c(F)cc(F)c(C)c5F)ccc4C)nc32)cc1. The van der Waals surface area contributed by atoms with Crippen LogP contribution in [-0.4, -0.2) is 32.9 Å². The first-order valence-electron chi connectivity index (χ1n) is 11.6. The van der Waals surface area contributed by atoms with Crippen molar-refractivity contribution in [1.82, 2.24) is 19.7 Å². The molecule has 3 N–H and O–H groups in total. The average Bonchev–Trinajstić information content (AvgIpc) is 3.49. The van der Waals surface area contributed by atoms with Gasteiger partial charge in [0, 0.05) is 22.9 Å². The Balaban J connectivity index is 1.37. The summed E-state index contributed by atoms with van der Waals surface area (Å²) in [7, 11) is 1.61. The maximum Gasteiger partial charge on any atom is 0.323 e. The highest BCUT2D eigenvalue weighted by Crippen LogP contribution is 2.28. The Labute approximate surface area is 215 Å². The van der Waals surface area contributed by atoms with E-state index in [0.29, 0.717) is 35.3 Å². The molecular weight excluding hydrogens is 497 g/mol. The van der Waals surface area contributed by atoms with E-state index >= 15 is 0 Å². The van der Waals surface area contributed by atoms with Crippen LogP contribution in [0.15, 0.2) is 54.7 Å². The summed E-state index contributed by atoms with van der Waals surface area (Å²) in [4.78, 5) is 20.4. The largest absolute Gasteiger partial charge is 0.497 e. The Morgan fingerprint density at radius 1 is 1.03 bits per heavy atom. The van der Waals surface area contributed by atoms with Crippen molar-refractivity contribution in [3.8, 4) is 17.1 Å². The quantitative estimate of drug-likeness (QED) is 0.250. The fourth-order valence-electron chi connectivity index (χ4n) is 4.03. The number of aryl methyl sites for hydroxylation is 1. The molecule has 0 spiro atoms. The van der Waals surface area contributed by atoms with Crippen molar-refractivity contribution in [2.45, 2.75) is 20.4 Å². The molecule has 0 aliphatic carbocycles. The van der Waals surface area contributed by atoms with E-state index in [1.165, 1.54) is 0 Å². The molecule has 0 radical (unpaired) electrons. The first kappa shape index (κ1) is 24.9. The number of hydrogen-bond donors (Lipinski definition) is 3. The van der Waals surface area contributed by atoms with Gasteiger partial charge in [-0.1, -0.05) is 18.2 Å². The number of nitrogens with one attached hydrogen (secondary N) is 3. The van der Waals surface area contributed by atoms with Gasteiger partial charge in [-0.2, -0.15) is 5.10 Å². The third-order valence-electron chi connectivity index (χ3n) is 6.16. The number of hydrogen-bond acceptors (Lipinski definition) is 4. The summed E-state index contributed by atoms with van der Waals surface area (Å²) in [5.41, 5.74) is 3.26. The molecule has 0 saturated heterocycles. The van der Waals surface area contributed by atoms with Crippen molar-refractivity contribution in [3.05, 3.63) is 88.9 Å². The Kier molecular flexibility index (Phi) is 6.50. The number of urea groups is 1. The summed E-state index contributed by atoms with van der Waals surface area (Å²) in [5.74, 6) is -2.09. The van der Waals surface area contributed by atoms with Crippen LogP contribution in [0.5, 0.6) is 5.75 Å². The van der Waals surface area contributed by atoms with Crippen LogP contribution in [0.2, 0.25) is 0 Å². The van der Waals surface area contributed by atoms with Crippen LogP contribution in [0.4, 0.5) is 29.3 Å². The smallest absolute Gasteiger partial charge is 0.323 e. The normalized spacial score (nSPS) is 11.1. The number of nitrogens with zero attached hydrogens (tertiary/aromatic N) is 3. The van der Waals surface area contributed by atoms with Crippen molar-refractivity contribution in [1.29, 1.82) is 0 Å². The van der Waals surface area contributed by atoms with E-state index in [4.69, 9.17) is 9.72 Å². The number of amides is 2. The van der Waals surface area contributed by atoms with Gasteiger partial charge in [-0.15, -0.1) is 0 Å². The summed E-state index contributed by atoms with van der Waals surface area (Å²) in [5, 5.41) is 9.08. The monoisotopic (exact) mass is 520 g/mol. The van der Waals surface area contributed by atoms with Gasteiger partial charge in [0.15, 0.2) is 17.3 Å². The molecule has 0 saturated carbocycles. The number of fused-ring (bicyclic) bond motifs is 1. The lowest BCUT2D eigenvalue weighted by Crippen LogP contribution is -2.21. The molecule has 0 unspecified atom stereocenters. The first-order valence-corrected chi connectivity index (χ1v) is 11.6. The second-order valence-corrected chi connectivity index (χ2v) is 8.74. The van der Waals surface area contributed by atoms with Crippen LogP contribution in [0.1, 0.15) is 16.7 Å². The standard InChI is InChI=1S/C27H23F3N6O2/c1-14-4-7-17(32-27(37)34-24-21(29)11-20(28)15(2)23(24)30)10-19(14)25-33-22-12-31-36(26(22)35-25)13-16-5-8-18(38-3)9-6-16/h4-12H,13H2,1-3H3,(H,33,35)(H2,32,34,37). The number of H-pyrrole nitrogens is 1. The predicted molar refractivity (Wildman–Crippen MR) is 138 cm³/mol. The number of aromatic nitrogens is 4. The molecule has 0 aliphatic heterocycles. The number of imidazole rings is 1. The second kappa shape index (κ2) is 9.92. The predicted octanol–water partition coefficient (Wildman–Crippen LogP) is 6.16. The number of benzene rings is 3. The van der Waals surface area contributed by atoms with Crippen LogP contribution >= 0.6 is 0 Å². The molecule has 8 nitrogen and oxygen atoms in total. The van der Waals surface area contributed by atoms with Gasteiger partial charge < -0.3 is 20.4 Å². The maximum absolute atomic E-state index is 14.3. The van der Waals surface area contributed by atoms with Gasteiger partial charge in [0.25, 0.3) is 0 Å². The third kappa shape index (κ3) is 4.77. The van der Waals surface area contributed by atoms with Gasteiger partial charge in [0.1, 0.15) is 28.6 Å². The van der Waals surface area contributed by atoms with Crippen LogP contribution in [0.3, 0.4) is 0 Å². The molecule has 5 aromatic rings. The van der Waals surface area contributed by atoms with Gasteiger partial charge in [0.05, 0.1) is 19.9 Å². The zero-order valence-corrected chi connectivity index (χ0v) is 20.7. The Bertz CT molecular complexity index is 1660. The molecule has 38 heavy (non-hydrogen) atoms. The molecule has 2 heterocycles. The molecule has 0 bridgehead atoms. The minimum absolute atomic E-state index is 0.364. The molecule has 0 aliphatic rings. The van der Waals surface area contributed by atoms with E-state index in [1.807, 2.05) is 31.2 Å². The lowest BCUT2D eigenvalue weighted by Gasteiger charge is -2.12. The number of aromatic amines is 1. The van der Waals surface area contributed by atoms with E-state index in [-0.39, 0.29) is 0 Å². The molecule has 3 aromatic carbocycles. The van der Waals surface area contributed by atoms with Crippen molar-refractivity contribution in [2.75, 3.05) is 17.7 Å². The van der Waals surface area contributed by atoms with Crippen LogP contribution in [-0.2, 0) is 6.54 Å². The topological polar surface area (TPSA) is 96.9 Å². The van der Waals surface area contributed by atoms with Gasteiger partial charge in [0.2, 0.25) is 0 Å². The van der Waals surface area contributed by atoms with E-state index in [9.17, 15) is 18.0 Å². The van der Waals surface area contributed by atoms with Gasteiger partial charge in [-0.05, 0) is 49.2 Å². The highest BCUT2D eigenvalue weighted by molar-refractivity contribution is 6.00. The fraction of sp³-hybridized carbons (Fsp3) is 0.148. The van der Waals surface area contributed by atoms with E-state index in [1.54, 1.807) is 36.2 Å². The summed E-state index contributed by atoms with van der Waals surface area (Å²) in [6.07, 6.45) is 1.69.